The molecule has 26 heavy (non-hydrogen) atoms. The molecule has 0 bridgehead atoms. The smallest absolute Gasteiger partial charge is 0.253 e. The van der Waals surface area contributed by atoms with Crippen molar-refractivity contribution in [3.05, 3.63) is 63.4 Å². The zero-order valence-corrected chi connectivity index (χ0v) is 15.9. The normalized spacial score (nSPS) is 15.6. The molecule has 1 saturated heterocycles. The zero-order chi connectivity index (χ0) is 18.3. The maximum absolute atomic E-state index is 12.7. The van der Waals surface area contributed by atoms with Crippen molar-refractivity contribution in [2.75, 3.05) is 13.1 Å². The third-order valence-corrected chi connectivity index (χ3v) is 5.73. The monoisotopic (exact) mass is 387 g/mol. The van der Waals surface area contributed by atoms with Gasteiger partial charge in [-0.2, -0.15) is 0 Å². The van der Waals surface area contributed by atoms with E-state index in [0.717, 1.165) is 29.7 Å². The van der Waals surface area contributed by atoms with Crippen molar-refractivity contribution in [1.29, 1.82) is 0 Å². The predicted molar refractivity (Wildman–Crippen MR) is 105 cm³/mol. The average Bonchev–Trinajstić information content (AvgIpc) is 3.06. The number of aryl methyl sites for hydroxylation is 1. The number of hydrogen-bond acceptors (Lipinski definition) is 2. The molecule has 1 aliphatic rings. The Morgan fingerprint density at radius 1 is 1.12 bits per heavy atom. The van der Waals surface area contributed by atoms with Gasteiger partial charge in [-0.3, -0.25) is 4.79 Å². The second-order valence-corrected chi connectivity index (χ2v) is 7.65. The Morgan fingerprint density at radius 3 is 2.62 bits per heavy atom. The van der Waals surface area contributed by atoms with E-state index in [1.807, 2.05) is 11.0 Å². The van der Waals surface area contributed by atoms with Crippen molar-refractivity contribution < 1.29 is 4.79 Å². The van der Waals surface area contributed by atoms with Crippen LogP contribution >= 0.6 is 23.2 Å². The van der Waals surface area contributed by atoms with Gasteiger partial charge in [-0.15, -0.1) is 0 Å². The molecule has 0 spiro atoms. The van der Waals surface area contributed by atoms with Gasteiger partial charge in [-0.05, 0) is 55.7 Å². The highest BCUT2D eigenvalue weighted by atomic mass is 35.5. The summed E-state index contributed by atoms with van der Waals surface area (Å²) >= 11 is 12.0. The van der Waals surface area contributed by atoms with Crippen molar-refractivity contribution in [3.8, 4) is 0 Å². The van der Waals surface area contributed by atoms with Crippen molar-refractivity contribution in [1.82, 2.24) is 14.9 Å². The summed E-state index contributed by atoms with van der Waals surface area (Å²) in [5, 5.41) is 0.868. The second-order valence-electron chi connectivity index (χ2n) is 6.84. The molecule has 0 radical (unpaired) electrons. The molecule has 6 heteroatoms. The Morgan fingerprint density at radius 2 is 1.88 bits per heavy atom. The lowest BCUT2D eigenvalue weighted by Gasteiger charge is -2.31. The lowest BCUT2D eigenvalue weighted by Crippen LogP contribution is -2.38. The van der Waals surface area contributed by atoms with E-state index in [1.54, 1.807) is 18.2 Å². The van der Waals surface area contributed by atoms with Crippen LogP contribution in [-0.4, -0.2) is 33.9 Å². The number of carbonyl (C=O) groups excluding carboxylic acids is 1. The molecule has 1 aliphatic heterocycles. The molecule has 1 amide bonds. The number of amides is 1. The highest BCUT2D eigenvalue weighted by molar-refractivity contribution is 6.42. The number of fused-ring (bicyclic) bond motifs is 1. The number of aromatic nitrogens is 2. The van der Waals surface area contributed by atoms with Crippen LogP contribution in [0.4, 0.5) is 0 Å². The van der Waals surface area contributed by atoms with Crippen molar-refractivity contribution >= 4 is 40.1 Å². The number of likely N-dealkylation sites (tertiary alicyclic amines) is 1. The molecular formula is C20H19Cl2N3O. The molecule has 3 aromatic rings. The van der Waals surface area contributed by atoms with E-state index in [2.05, 4.69) is 24.0 Å². The molecule has 1 aromatic heterocycles. The van der Waals surface area contributed by atoms with Crippen molar-refractivity contribution in [3.63, 3.8) is 0 Å². The standard InChI is InChI=1S/C20H19Cl2N3O/c1-12-2-5-17-18(10-12)24-19(23-17)13-6-8-25(9-7-13)20(26)14-3-4-15(21)16(22)11-14/h2-5,10-11,13H,6-9H2,1H3,(H,23,24). The van der Waals surface area contributed by atoms with Crippen LogP contribution in [0.15, 0.2) is 36.4 Å². The first-order chi connectivity index (χ1) is 12.5. The molecular weight excluding hydrogens is 369 g/mol. The summed E-state index contributed by atoms with van der Waals surface area (Å²) in [7, 11) is 0. The van der Waals surface area contributed by atoms with Crippen LogP contribution in [0.25, 0.3) is 11.0 Å². The van der Waals surface area contributed by atoms with E-state index < -0.39 is 0 Å². The van der Waals surface area contributed by atoms with Crippen LogP contribution in [0, 0.1) is 6.92 Å². The summed E-state index contributed by atoms with van der Waals surface area (Å²) in [4.78, 5) is 22.7. The first-order valence-corrected chi connectivity index (χ1v) is 9.47. The van der Waals surface area contributed by atoms with E-state index in [-0.39, 0.29) is 5.91 Å². The zero-order valence-electron chi connectivity index (χ0n) is 14.4. The molecule has 1 N–H and O–H groups in total. The minimum Gasteiger partial charge on any atom is -0.342 e. The minimum absolute atomic E-state index is 0.00208. The second kappa shape index (κ2) is 6.93. The van der Waals surface area contributed by atoms with E-state index in [0.29, 0.717) is 34.6 Å². The van der Waals surface area contributed by atoms with Gasteiger partial charge in [0, 0.05) is 24.6 Å². The molecule has 0 aliphatic carbocycles. The number of nitrogens with zero attached hydrogens (tertiary/aromatic N) is 2. The number of aromatic amines is 1. The Labute approximate surface area is 162 Å². The van der Waals surface area contributed by atoms with E-state index in [1.165, 1.54) is 5.56 Å². The van der Waals surface area contributed by atoms with Crippen LogP contribution in [-0.2, 0) is 0 Å². The molecule has 0 saturated carbocycles. The van der Waals surface area contributed by atoms with E-state index in [4.69, 9.17) is 28.2 Å². The van der Waals surface area contributed by atoms with Crippen LogP contribution in [0.5, 0.6) is 0 Å². The fraction of sp³-hybridized carbons (Fsp3) is 0.300. The molecule has 0 atom stereocenters. The van der Waals surface area contributed by atoms with Gasteiger partial charge in [0.1, 0.15) is 5.82 Å². The van der Waals surface area contributed by atoms with Gasteiger partial charge in [0.15, 0.2) is 0 Å². The number of halogens is 2. The number of piperidine rings is 1. The quantitative estimate of drug-likeness (QED) is 0.656. The summed E-state index contributed by atoms with van der Waals surface area (Å²) in [6.45, 7) is 3.49. The highest BCUT2D eigenvalue weighted by Crippen LogP contribution is 2.29. The SMILES string of the molecule is Cc1ccc2nc(C3CCN(C(=O)c4ccc(Cl)c(Cl)c4)CC3)[nH]c2c1. The summed E-state index contributed by atoms with van der Waals surface area (Å²) in [5.41, 5.74) is 3.88. The minimum atomic E-state index is 0.00208. The molecule has 134 valence electrons. The molecule has 4 nitrogen and oxygen atoms in total. The Kier molecular flexibility index (Phi) is 4.63. The number of benzene rings is 2. The third kappa shape index (κ3) is 3.31. The van der Waals surface area contributed by atoms with E-state index >= 15 is 0 Å². The first kappa shape index (κ1) is 17.4. The molecule has 4 rings (SSSR count). The summed E-state index contributed by atoms with van der Waals surface area (Å²) in [5.74, 6) is 1.37. The molecule has 2 heterocycles. The number of nitrogens with one attached hydrogen (secondary N) is 1. The third-order valence-electron chi connectivity index (χ3n) is 4.99. The fourth-order valence-corrected chi connectivity index (χ4v) is 3.80. The predicted octanol–water partition coefficient (Wildman–Crippen LogP) is 5.20. The molecule has 0 unspecified atom stereocenters. The Bertz CT molecular complexity index is 974. The van der Waals surface area contributed by atoms with E-state index in [9.17, 15) is 4.79 Å². The van der Waals surface area contributed by atoms with Gasteiger partial charge in [-0.1, -0.05) is 29.3 Å². The van der Waals surface area contributed by atoms with Gasteiger partial charge in [0.2, 0.25) is 0 Å². The first-order valence-electron chi connectivity index (χ1n) is 8.72. The average molecular weight is 388 g/mol. The molecule has 1 fully saturated rings. The van der Waals surface area contributed by atoms with Crippen LogP contribution < -0.4 is 0 Å². The number of H-pyrrole nitrogens is 1. The van der Waals surface area contributed by atoms with Crippen LogP contribution in [0.3, 0.4) is 0 Å². The maximum atomic E-state index is 12.7. The number of hydrogen-bond donors (Lipinski definition) is 1. The number of rotatable bonds is 2. The Balaban J connectivity index is 1.46. The van der Waals surface area contributed by atoms with Gasteiger partial charge < -0.3 is 9.88 Å². The maximum Gasteiger partial charge on any atom is 0.253 e. The summed E-state index contributed by atoms with van der Waals surface area (Å²) < 4.78 is 0. The molecule has 2 aromatic carbocycles. The lowest BCUT2D eigenvalue weighted by atomic mass is 9.95. The largest absolute Gasteiger partial charge is 0.342 e. The van der Waals surface area contributed by atoms with Crippen LogP contribution in [0.1, 0.15) is 40.5 Å². The fourth-order valence-electron chi connectivity index (χ4n) is 3.50. The van der Waals surface area contributed by atoms with Crippen molar-refractivity contribution in [2.45, 2.75) is 25.7 Å². The Hall–Kier alpha value is -2.04. The summed E-state index contributed by atoms with van der Waals surface area (Å²) in [6, 6.07) is 11.3. The van der Waals surface area contributed by atoms with Crippen molar-refractivity contribution in [2.24, 2.45) is 0 Å². The number of imidazole rings is 1. The van der Waals surface area contributed by atoms with Gasteiger partial charge >= 0.3 is 0 Å². The lowest BCUT2D eigenvalue weighted by molar-refractivity contribution is 0.0711. The van der Waals surface area contributed by atoms with Gasteiger partial charge in [-0.25, -0.2) is 4.98 Å². The van der Waals surface area contributed by atoms with Crippen LogP contribution in [0.2, 0.25) is 10.0 Å². The highest BCUT2D eigenvalue weighted by Gasteiger charge is 2.26. The van der Waals surface area contributed by atoms with Gasteiger partial charge in [0.25, 0.3) is 5.91 Å². The topological polar surface area (TPSA) is 49.0 Å². The summed E-state index contributed by atoms with van der Waals surface area (Å²) in [6.07, 6.45) is 1.79. The van der Waals surface area contributed by atoms with Gasteiger partial charge in [0.05, 0.1) is 21.1 Å². The number of carbonyl (C=O) groups is 1.